The summed E-state index contributed by atoms with van der Waals surface area (Å²) in [5.74, 6) is 1.13. The van der Waals surface area contributed by atoms with E-state index in [2.05, 4.69) is 10.0 Å². The Labute approximate surface area is 177 Å². The molecule has 0 bridgehead atoms. The molecule has 0 aliphatic heterocycles. The zero-order chi connectivity index (χ0) is 21.1. The van der Waals surface area contributed by atoms with Crippen molar-refractivity contribution < 1.29 is 17.9 Å². The fraction of sp³-hybridized carbons (Fsp3) is 0.381. The molecule has 0 saturated carbocycles. The smallest absolute Gasteiger partial charge is 0.241 e. The number of benzene rings is 2. The normalized spacial score (nSPS) is 12.3. The average Bonchev–Trinajstić information content (AvgIpc) is 2.71. The minimum Gasteiger partial charge on any atom is -0.494 e. The second-order valence-corrected chi connectivity index (χ2v) is 9.27. The molecule has 2 aromatic carbocycles. The van der Waals surface area contributed by atoms with Crippen molar-refractivity contribution in [2.24, 2.45) is 0 Å². The predicted octanol–water partition coefficient (Wildman–Crippen LogP) is 2.98. The molecule has 0 saturated heterocycles. The van der Waals surface area contributed by atoms with Gasteiger partial charge in [-0.1, -0.05) is 35.9 Å². The maximum absolute atomic E-state index is 12.6. The molecule has 6 nitrogen and oxygen atoms in total. The molecule has 1 amide bonds. The molecule has 0 spiro atoms. The summed E-state index contributed by atoms with van der Waals surface area (Å²) in [6, 6.07) is 15.2. The van der Waals surface area contributed by atoms with Crippen LogP contribution in [0.15, 0.2) is 59.5 Å². The molecule has 2 rings (SSSR count). The highest BCUT2D eigenvalue weighted by Crippen LogP contribution is 2.12. The Balaban J connectivity index is 1.87. The molecule has 0 aliphatic rings. The molecule has 0 aromatic heterocycles. The Morgan fingerprint density at radius 3 is 2.45 bits per heavy atom. The van der Waals surface area contributed by atoms with Gasteiger partial charge >= 0.3 is 0 Å². The molecule has 158 valence electrons. The zero-order valence-electron chi connectivity index (χ0n) is 16.8. The lowest BCUT2D eigenvalue weighted by Crippen LogP contribution is -2.47. The van der Waals surface area contributed by atoms with Crippen LogP contribution in [0.4, 0.5) is 0 Å². The second kappa shape index (κ2) is 11.8. The Morgan fingerprint density at radius 1 is 1.10 bits per heavy atom. The highest BCUT2D eigenvalue weighted by atomic mass is 32.2. The van der Waals surface area contributed by atoms with Gasteiger partial charge in [0.05, 0.1) is 11.5 Å². The summed E-state index contributed by atoms with van der Waals surface area (Å²) < 4.78 is 33.4. The van der Waals surface area contributed by atoms with Crippen LogP contribution in [0.2, 0.25) is 0 Å². The summed E-state index contributed by atoms with van der Waals surface area (Å²) >= 11 is 1.57. The molecule has 8 heteroatoms. The van der Waals surface area contributed by atoms with Gasteiger partial charge in [0.25, 0.3) is 0 Å². The number of rotatable bonds is 12. The van der Waals surface area contributed by atoms with Crippen molar-refractivity contribution in [1.29, 1.82) is 0 Å². The maximum atomic E-state index is 12.6. The fourth-order valence-corrected chi connectivity index (χ4v) is 4.27. The standard InChI is InChI=1S/C21H28N2O4S2/c1-17-9-11-19(12-10-17)29(25,26)23-20(13-16-28-2)21(24)22-14-6-15-27-18-7-4-3-5-8-18/h3-5,7-12,20,23H,6,13-16H2,1-2H3,(H,22,24). The molecule has 1 unspecified atom stereocenters. The predicted molar refractivity (Wildman–Crippen MR) is 118 cm³/mol. The summed E-state index contributed by atoms with van der Waals surface area (Å²) in [5, 5.41) is 2.81. The lowest BCUT2D eigenvalue weighted by Gasteiger charge is -2.18. The summed E-state index contributed by atoms with van der Waals surface area (Å²) in [6.45, 7) is 2.77. The summed E-state index contributed by atoms with van der Waals surface area (Å²) in [4.78, 5) is 12.7. The number of nitrogens with one attached hydrogen (secondary N) is 2. The van der Waals surface area contributed by atoms with Gasteiger partial charge in [-0.15, -0.1) is 0 Å². The Morgan fingerprint density at radius 2 is 1.79 bits per heavy atom. The van der Waals surface area contributed by atoms with E-state index in [1.807, 2.05) is 43.5 Å². The van der Waals surface area contributed by atoms with E-state index >= 15 is 0 Å². The van der Waals surface area contributed by atoms with Crippen LogP contribution in [0.5, 0.6) is 5.75 Å². The molecule has 29 heavy (non-hydrogen) atoms. The first-order chi connectivity index (χ1) is 13.9. The first-order valence-electron chi connectivity index (χ1n) is 9.46. The van der Waals surface area contributed by atoms with Crippen LogP contribution in [-0.2, 0) is 14.8 Å². The van der Waals surface area contributed by atoms with Gasteiger partial charge in [-0.05, 0) is 56.0 Å². The summed E-state index contributed by atoms with van der Waals surface area (Å²) in [5.41, 5.74) is 0.971. The van der Waals surface area contributed by atoms with E-state index in [-0.39, 0.29) is 10.8 Å². The molecule has 0 fully saturated rings. The largest absolute Gasteiger partial charge is 0.494 e. The minimum absolute atomic E-state index is 0.154. The van der Waals surface area contributed by atoms with Crippen molar-refractivity contribution in [2.45, 2.75) is 30.7 Å². The molecular formula is C21H28N2O4S2. The van der Waals surface area contributed by atoms with Crippen molar-refractivity contribution in [3.8, 4) is 5.75 Å². The lowest BCUT2D eigenvalue weighted by atomic mass is 10.2. The number of amides is 1. The van der Waals surface area contributed by atoms with Crippen molar-refractivity contribution >= 4 is 27.7 Å². The minimum atomic E-state index is -3.77. The van der Waals surface area contributed by atoms with Crippen LogP contribution in [0.1, 0.15) is 18.4 Å². The van der Waals surface area contributed by atoms with Gasteiger partial charge in [-0.25, -0.2) is 8.42 Å². The molecule has 2 N–H and O–H groups in total. The SMILES string of the molecule is CSCCC(NS(=O)(=O)c1ccc(C)cc1)C(=O)NCCCOc1ccccc1. The van der Waals surface area contributed by atoms with Crippen LogP contribution in [-0.4, -0.2) is 45.5 Å². The number of hydrogen-bond donors (Lipinski definition) is 2. The van der Waals surface area contributed by atoms with Crippen LogP contribution in [0.3, 0.4) is 0 Å². The average molecular weight is 437 g/mol. The van der Waals surface area contributed by atoms with Crippen LogP contribution >= 0.6 is 11.8 Å². The van der Waals surface area contributed by atoms with Gasteiger partial charge in [-0.3, -0.25) is 4.79 Å². The Bertz CT molecular complexity index is 856. The van der Waals surface area contributed by atoms with Crippen molar-refractivity contribution in [2.75, 3.05) is 25.2 Å². The third-order valence-corrected chi connectivity index (χ3v) is 6.32. The van der Waals surface area contributed by atoms with Gasteiger partial charge in [-0.2, -0.15) is 16.5 Å². The molecule has 1 atom stereocenters. The molecule has 0 radical (unpaired) electrons. The maximum Gasteiger partial charge on any atom is 0.241 e. The van der Waals surface area contributed by atoms with Crippen LogP contribution in [0.25, 0.3) is 0 Å². The second-order valence-electron chi connectivity index (χ2n) is 6.57. The van der Waals surface area contributed by atoms with Gasteiger partial charge in [0.2, 0.25) is 15.9 Å². The van der Waals surface area contributed by atoms with Gasteiger partial charge in [0.1, 0.15) is 11.8 Å². The van der Waals surface area contributed by atoms with Crippen LogP contribution < -0.4 is 14.8 Å². The van der Waals surface area contributed by atoms with E-state index < -0.39 is 16.1 Å². The Hall–Kier alpha value is -2.03. The van der Waals surface area contributed by atoms with E-state index in [0.717, 1.165) is 11.3 Å². The van der Waals surface area contributed by atoms with Crippen molar-refractivity contribution in [3.05, 3.63) is 60.2 Å². The highest BCUT2D eigenvalue weighted by Gasteiger charge is 2.25. The number of para-hydroxylation sites is 1. The van der Waals surface area contributed by atoms with E-state index in [0.29, 0.717) is 31.7 Å². The van der Waals surface area contributed by atoms with Crippen LogP contribution in [0, 0.1) is 6.92 Å². The monoisotopic (exact) mass is 436 g/mol. The summed E-state index contributed by atoms with van der Waals surface area (Å²) in [6.07, 6.45) is 2.96. The number of carbonyl (C=O) groups excluding carboxylic acids is 1. The number of sulfonamides is 1. The fourth-order valence-electron chi connectivity index (χ4n) is 2.57. The third-order valence-electron chi connectivity index (χ3n) is 4.19. The number of hydrogen-bond acceptors (Lipinski definition) is 5. The van der Waals surface area contributed by atoms with E-state index in [9.17, 15) is 13.2 Å². The van der Waals surface area contributed by atoms with E-state index in [4.69, 9.17) is 4.74 Å². The third kappa shape index (κ3) is 8.08. The number of ether oxygens (including phenoxy) is 1. The van der Waals surface area contributed by atoms with Gasteiger partial charge < -0.3 is 10.1 Å². The highest BCUT2D eigenvalue weighted by molar-refractivity contribution is 7.98. The first-order valence-corrected chi connectivity index (χ1v) is 12.3. The van der Waals surface area contributed by atoms with Gasteiger partial charge in [0, 0.05) is 6.54 Å². The van der Waals surface area contributed by atoms with Gasteiger partial charge in [0.15, 0.2) is 0 Å². The molecular weight excluding hydrogens is 408 g/mol. The summed E-state index contributed by atoms with van der Waals surface area (Å²) in [7, 11) is -3.77. The molecule has 2 aromatic rings. The number of aryl methyl sites for hydroxylation is 1. The quantitative estimate of drug-likeness (QED) is 0.500. The van der Waals surface area contributed by atoms with E-state index in [1.54, 1.807) is 36.0 Å². The first kappa shape index (κ1) is 23.3. The Kier molecular flexibility index (Phi) is 9.50. The lowest BCUT2D eigenvalue weighted by molar-refractivity contribution is -0.122. The zero-order valence-corrected chi connectivity index (χ0v) is 18.4. The topological polar surface area (TPSA) is 84.5 Å². The number of thioether (sulfide) groups is 1. The molecule has 0 heterocycles. The number of carbonyl (C=O) groups is 1. The van der Waals surface area contributed by atoms with Crippen molar-refractivity contribution in [1.82, 2.24) is 10.0 Å². The molecule has 0 aliphatic carbocycles. The van der Waals surface area contributed by atoms with E-state index in [1.165, 1.54) is 0 Å². The van der Waals surface area contributed by atoms with Crippen molar-refractivity contribution in [3.63, 3.8) is 0 Å².